The first kappa shape index (κ1) is 7.60. The smallest absolute Gasteiger partial charge is 0.236 e. The van der Waals surface area contributed by atoms with E-state index in [1.54, 1.807) is 0 Å². The third-order valence-corrected chi connectivity index (χ3v) is 2.96. The predicted octanol–water partition coefficient (Wildman–Crippen LogP) is -0.720. The highest BCUT2D eigenvalue weighted by Gasteiger charge is 2.29. The van der Waals surface area contributed by atoms with Crippen molar-refractivity contribution in [2.75, 3.05) is 0 Å². The Labute approximate surface area is 70.3 Å². The van der Waals surface area contributed by atoms with Gasteiger partial charge in [-0.05, 0) is 12.8 Å². The summed E-state index contributed by atoms with van der Waals surface area (Å²) in [7, 11) is -3.34. The van der Waals surface area contributed by atoms with Gasteiger partial charge < -0.3 is 11.1 Å². The van der Waals surface area contributed by atoms with Gasteiger partial charge in [-0.25, -0.2) is 8.42 Å². The molecule has 5 nitrogen and oxygen atoms in total. The van der Waals surface area contributed by atoms with E-state index >= 15 is 0 Å². The van der Waals surface area contributed by atoms with Crippen LogP contribution in [-0.2, 0) is 9.84 Å². The maximum absolute atomic E-state index is 11.2. The van der Waals surface area contributed by atoms with Crippen molar-refractivity contribution < 1.29 is 8.42 Å². The van der Waals surface area contributed by atoms with Crippen LogP contribution in [0.5, 0.6) is 0 Å². The van der Waals surface area contributed by atoms with E-state index in [-0.39, 0.29) is 17.0 Å². The molecule has 0 aromatic carbocycles. The van der Waals surface area contributed by atoms with Gasteiger partial charge in [-0.1, -0.05) is 0 Å². The van der Waals surface area contributed by atoms with Crippen LogP contribution in [0.25, 0.3) is 0 Å². The van der Waals surface area contributed by atoms with E-state index in [9.17, 15) is 8.42 Å². The van der Waals surface area contributed by atoms with Gasteiger partial charge in [0.25, 0.3) is 0 Å². The van der Waals surface area contributed by atoms with Gasteiger partial charge in [0.05, 0.1) is 11.4 Å². The van der Waals surface area contributed by atoms with Crippen LogP contribution in [0.2, 0.25) is 0 Å². The average Bonchev–Trinajstić information content (AvgIpc) is 2.63. The van der Waals surface area contributed by atoms with Crippen molar-refractivity contribution in [1.82, 2.24) is 5.32 Å². The normalized spacial score (nSPS) is 30.0. The van der Waals surface area contributed by atoms with Crippen LogP contribution in [0.1, 0.15) is 12.8 Å². The van der Waals surface area contributed by atoms with E-state index in [0.29, 0.717) is 0 Å². The SMILES string of the molecule is NC1=CS(=O)(=O)C(=NC2CC2)N1. The van der Waals surface area contributed by atoms with Crippen LogP contribution in [-0.4, -0.2) is 19.6 Å². The molecule has 0 amide bonds. The van der Waals surface area contributed by atoms with Gasteiger partial charge in [0.2, 0.25) is 15.0 Å². The lowest BCUT2D eigenvalue weighted by Gasteiger charge is -1.96. The number of nitrogens with one attached hydrogen (secondary N) is 1. The summed E-state index contributed by atoms with van der Waals surface area (Å²) in [4.78, 5) is 3.98. The lowest BCUT2D eigenvalue weighted by Crippen LogP contribution is -2.25. The molecule has 0 bridgehead atoms. The second-order valence-electron chi connectivity index (χ2n) is 2.91. The van der Waals surface area contributed by atoms with Crippen LogP contribution in [0.4, 0.5) is 0 Å². The summed E-state index contributed by atoms with van der Waals surface area (Å²) < 4.78 is 22.4. The van der Waals surface area contributed by atoms with Crippen LogP contribution < -0.4 is 11.1 Å². The highest BCUT2D eigenvalue weighted by atomic mass is 32.2. The molecule has 12 heavy (non-hydrogen) atoms. The summed E-state index contributed by atoms with van der Waals surface area (Å²) >= 11 is 0. The van der Waals surface area contributed by atoms with E-state index in [0.717, 1.165) is 18.2 Å². The zero-order chi connectivity index (χ0) is 8.77. The van der Waals surface area contributed by atoms with Gasteiger partial charge >= 0.3 is 0 Å². The molecule has 0 unspecified atom stereocenters. The maximum atomic E-state index is 11.2. The Bertz CT molecular complexity index is 364. The molecule has 0 radical (unpaired) electrons. The molecular formula is C6H9N3O2S. The third-order valence-electron chi connectivity index (χ3n) is 1.65. The van der Waals surface area contributed by atoms with Gasteiger partial charge in [0, 0.05) is 0 Å². The highest BCUT2D eigenvalue weighted by molar-refractivity contribution is 8.09. The summed E-state index contributed by atoms with van der Waals surface area (Å²) in [5.41, 5.74) is 5.29. The zero-order valence-electron chi connectivity index (χ0n) is 6.32. The molecule has 3 N–H and O–H groups in total. The Hall–Kier alpha value is -1.04. The Morgan fingerprint density at radius 1 is 1.58 bits per heavy atom. The first-order chi connectivity index (χ1) is 5.58. The van der Waals surface area contributed by atoms with Crippen LogP contribution in [0.15, 0.2) is 16.2 Å². The summed E-state index contributed by atoms with van der Waals surface area (Å²) in [5, 5.41) is 3.51. The topological polar surface area (TPSA) is 84.6 Å². The van der Waals surface area contributed by atoms with Crippen molar-refractivity contribution in [1.29, 1.82) is 0 Å². The number of nitrogens with two attached hydrogens (primary N) is 1. The van der Waals surface area contributed by atoms with Crippen molar-refractivity contribution in [3.05, 3.63) is 11.2 Å². The van der Waals surface area contributed by atoms with Crippen LogP contribution in [0, 0.1) is 0 Å². The predicted molar refractivity (Wildman–Crippen MR) is 44.8 cm³/mol. The fourth-order valence-electron chi connectivity index (χ4n) is 0.922. The van der Waals surface area contributed by atoms with Crippen LogP contribution >= 0.6 is 0 Å². The zero-order valence-corrected chi connectivity index (χ0v) is 7.13. The van der Waals surface area contributed by atoms with Gasteiger partial charge in [0.1, 0.15) is 5.82 Å². The van der Waals surface area contributed by atoms with E-state index in [2.05, 4.69) is 10.3 Å². The molecule has 6 heteroatoms. The van der Waals surface area contributed by atoms with E-state index < -0.39 is 9.84 Å². The number of sulfone groups is 1. The molecule has 2 rings (SSSR count). The number of rotatable bonds is 1. The van der Waals surface area contributed by atoms with E-state index in [1.807, 2.05) is 0 Å². The first-order valence-electron chi connectivity index (χ1n) is 3.65. The quantitative estimate of drug-likeness (QED) is 0.567. The van der Waals surface area contributed by atoms with Gasteiger partial charge in [-0.15, -0.1) is 0 Å². The molecule has 0 saturated heterocycles. The number of nitrogens with zero attached hydrogens (tertiary/aromatic N) is 1. The Morgan fingerprint density at radius 2 is 2.25 bits per heavy atom. The van der Waals surface area contributed by atoms with Gasteiger partial charge in [-0.3, -0.25) is 4.99 Å². The second-order valence-corrected chi connectivity index (χ2v) is 4.62. The highest BCUT2D eigenvalue weighted by Crippen LogP contribution is 2.24. The van der Waals surface area contributed by atoms with Gasteiger partial charge in [0.15, 0.2) is 0 Å². The summed E-state index contributed by atoms with van der Waals surface area (Å²) in [5.74, 6) is 0.148. The minimum atomic E-state index is -3.34. The Balaban J connectivity index is 2.31. The van der Waals surface area contributed by atoms with Crippen molar-refractivity contribution in [2.45, 2.75) is 18.9 Å². The van der Waals surface area contributed by atoms with Crippen molar-refractivity contribution in [2.24, 2.45) is 10.7 Å². The molecule has 1 heterocycles. The molecule has 0 aromatic heterocycles. The average molecular weight is 187 g/mol. The molecule has 0 aromatic rings. The Morgan fingerprint density at radius 3 is 2.67 bits per heavy atom. The van der Waals surface area contributed by atoms with Crippen LogP contribution in [0.3, 0.4) is 0 Å². The molecule has 66 valence electrons. The summed E-state index contributed by atoms with van der Waals surface area (Å²) in [6, 6.07) is 0.182. The molecule has 2 aliphatic rings. The first-order valence-corrected chi connectivity index (χ1v) is 5.20. The summed E-state index contributed by atoms with van der Waals surface area (Å²) in [6.07, 6.45) is 1.95. The summed E-state index contributed by atoms with van der Waals surface area (Å²) in [6.45, 7) is 0. The van der Waals surface area contributed by atoms with E-state index in [1.165, 1.54) is 0 Å². The molecule has 1 aliphatic heterocycles. The van der Waals surface area contributed by atoms with Crippen molar-refractivity contribution in [3.8, 4) is 0 Å². The van der Waals surface area contributed by atoms with Gasteiger partial charge in [-0.2, -0.15) is 0 Å². The minimum absolute atomic E-state index is 0.00231. The van der Waals surface area contributed by atoms with E-state index in [4.69, 9.17) is 5.73 Å². The lowest BCUT2D eigenvalue weighted by atomic mass is 10.7. The standard InChI is InChI=1S/C6H9N3O2S/c7-5-3-12(10,11)6(9-5)8-4-1-2-4/h3-4H,1-2,7H2,(H,8,9). The fourth-order valence-corrected chi connectivity index (χ4v) is 1.98. The molecule has 1 fully saturated rings. The fraction of sp³-hybridized carbons (Fsp3) is 0.500. The number of hydrogen-bond donors (Lipinski definition) is 2. The largest absolute Gasteiger partial charge is 0.385 e. The third kappa shape index (κ3) is 1.29. The number of amidine groups is 1. The maximum Gasteiger partial charge on any atom is 0.236 e. The lowest BCUT2D eigenvalue weighted by molar-refractivity contribution is 0.615. The Kier molecular flexibility index (Phi) is 1.41. The molecule has 1 saturated carbocycles. The number of aliphatic imine (C=N–C) groups is 1. The monoisotopic (exact) mass is 187 g/mol. The molecule has 1 aliphatic carbocycles. The second kappa shape index (κ2) is 2.22. The molecular weight excluding hydrogens is 178 g/mol. The van der Waals surface area contributed by atoms with Crippen molar-refractivity contribution >= 4 is 15.0 Å². The number of hydrogen-bond acceptors (Lipinski definition) is 4. The minimum Gasteiger partial charge on any atom is -0.385 e. The molecule has 0 atom stereocenters. The molecule has 0 spiro atoms. The van der Waals surface area contributed by atoms with Crippen molar-refractivity contribution in [3.63, 3.8) is 0 Å².